The van der Waals surface area contributed by atoms with Gasteiger partial charge in [0.1, 0.15) is 12.1 Å². The van der Waals surface area contributed by atoms with Crippen molar-refractivity contribution in [3.05, 3.63) is 36.2 Å². The van der Waals surface area contributed by atoms with E-state index in [1.807, 2.05) is 0 Å². The number of fused-ring (bicyclic) bond motifs is 1. The topological polar surface area (TPSA) is 92.2 Å². The Kier molecular flexibility index (Phi) is 2.95. The lowest BCUT2D eigenvalue weighted by atomic mass is 10.1. The maximum atomic E-state index is 11.7. The van der Waals surface area contributed by atoms with E-state index in [1.54, 1.807) is 18.2 Å². The molecule has 0 aliphatic heterocycles. The summed E-state index contributed by atoms with van der Waals surface area (Å²) < 4.78 is 0. The van der Waals surface area contributed by atoms with Crippen molar-refractivity contribution in [3.8, 4) is 0 Å². The van der Waals surface area contributed by atoms with Crippen LogP contribution in [0.2, 0.25) is 0 Å². The number of benzene rings is 1. The molecule has 2 rings (SSSR count). The molecule has 1 heterocycles. The number of nitrogens with zero attached hydrogens (tertiary/aromatic N) is 2. The first-order valence-electron chi connectivity index (χ1n) is 4.88. The van der Waals surface area contributed by atoms with Crippen LogP contribution in [-0.2, 0) is 4.79 Å². The lowest BCUT2D eigenvalue weighted by Gasteiger charge is -2.04. The summed E-state index contributed by atoms with van der Waals surface area (Å²) in [4.78, 5) is 30.2. The molecule has 0 aliphatic rings. The van der Waals surface area contributed by atoms with Crippen molar-refractivity contribution >= 4 is 22.9 Å². The van der Waals surface area contributed by atoms with Crippen LogP contribution in [-0.4, -0.2) is 33.5 Å². The molecule has 0 atom stereocenters. The Morgan fingerprint density at radius 1 is 1.24 bits per heavy atom. The fraction of sp³-hybridized carbons (Fsp3) is 0.0909. The molecule has 0 bridgehead atoms. The maximum Gasteiger partial charge on any atom is 0.322 e. The predicted molar refractivity (Wildman–Crippen MR) is 59.5 cm³/mol. The van der Waals surface area contributed by atoms with Crippen molar-refractivity contribution in [1.82, 2.24) is 15.3 Å². The van der Waals surface area contributed by atoms with Gasteiger partial charge in [-0.25, -0.2) is 0 Å². The summed E-state index contributed by atoms with van der Waals surface area (Å²) in [5, 5.41) is 10.8. The summed E-state index contributed by atoms with van der Waals surface area (Å²) in [6.45, 7) is -0.421. The molecule has 1 aromatic carbocycles. The number of nitrogens with one attached hydrogen (secondary N) is 1. The van der Waals surface area contributed by atoms with E-state index in [2.05, 4.69) is 15.3 Å². The highest BCUT2D eigenvalue weighted by Gasteiger charge is 2.11. The highest BCUT2D eigenvalue weighted by molar-refractivity contribution is 6.05. The van der Waals surface area contributed by atoms with Gasteiger partial charge in [0.2, 0.25) is 0 Å². The molecule has 0 radical (unpaired) electrons. The molecular weight excluding hydrogens is 222 g/mol. The van der Waals surface area contributed by atoms with Crippen LogP contribution in [0, 0.1) is 0 Å². The number of carboxylic acids is 1. The van der Waals surface area contributed by atoms with Gasteiger partial charge in [-0.05, 0) is 12.1 Å². The number of aliphatic carboxylic acids is 1. The average molecular weight is 231 g/mol. The lowest BCUT2D eigenvalue weighted by molar-refractivity contribution is -0.135. The van der Waals surface area contributed by atoms with Gasteiger partial charge in [-0.15, -0.1) is 0 Å². The minimum absolute atomic E-state index is 0.317. The quantitative estimate of drug-likeness (QED) is 0.799. The number of carbonyl (C=O) groups excluding carboxylic acids is 1. The minimum Gasteiger partial charge on any atom is -0.480 e. The van der Waals surface area contributed by atoms with E-state index in [1.165, 1.54) is 12.4 Å². The van der Waals surface area contributed by atoms with Gasteiger partial charge in [-0.2, -0.15) is 0 Å². The molecule has 17 heavy (non-hydrogen) atoms. The number of aromatic nitrogens is 2. The Labute approximate surface area is 96.3 Å². The number of carbonyl (C=O) groups is 2. The summed E-state index contributed by atoms with van der Waals surface area (Å²) in [6.07, 6.45) is 3.01. The highest BCUT2D eigenvalue weighted by Crippen LogP contribution is 2.13. The zero-order chi connectivity index (χ0) is 12.3. The van der Waals surface area contributed by atoms with Gasteiger partial charge in [0.15, 0.2) is 0 Å². The summed E-state index contributed by atoms with van der Waals surface area (Å²) >= 11 is 0. The molecule has 2 N–H and O–H groups in total. The lowest BCUT2D eigenvalue weighted by Crippen LogP contribution is -2.29. The smallest absolute Gasteiger partial charge is 0.322 e. The number of rotatable bonds is 3. The molecule has 1 aromatic heterocycles. The maximum absolute atomic E-state index is 11.7. The van der Waals surface area contributed by atoms with Gasteiger partial charge in [0, 0.05) is 12.4 Å². The van der Waals surface area contributed by atoms with Crippen LogP contribution in [0.4, 0.5) is 0 Å². The standard InChI is InChI=1S/C11H9N3O3/c15-9(16)6-14-11(17)7-2-1-3-8-10(7)13-5-4-12-8/h1-5H,6H2,(H,14,17)(H,15,16). The van der Waals surface area contributed by atoms with Crippen LogP contribution >= 0.6 is 0 Å². The van der Waals surface area contributed by atoms with Gasteiger partial charge in [-0.1, -0.05) is 6.07 Å². The van der Waals surface area contributed by atoms with E-state index in [9.17, 15) is 9.59 Å². The Hall–Kier alpha value is -2.50. The normalized spacial score (nSPS) is 10.1. The van der Waals surface area contributed by atoms with E-state index in [0.29, 0.717) is 16.6 Å². The van der Waals surface area contributed by atoms with E-state index in [-0.39, 0.29) is 0 Å². The number of amides is 1. The fourth-order valence-electron chi connectivity index (χ4n) is 1.43. The van der Waals surface area contributed by atoms with Crippen molar-refractivity contribution in [2.45, 2.75) is 0 Å². The van der Waals surface area contributed by atoms with Crippen molar-refractivity contribution in [2.75, 3.05) is 6.54 Å². The SMILES string of the molecule is O=C(O)CNC(=O)c1cccc2nccnc12. The molecule has 0 fully saturated rings. The number of hydrogen-bond acceptors (Lipinski definition) is 4. The number of carboxylic acid groups (broad SMARTS) is 1. The van der Waals surface area contributed by atoms with Crippen molar-refractivity contribution < 1.29 is 14.7 Å². The third-order valence-corrected chi connectivity index (χ3v) is 2.14. The monoisotopic (exact) mass is 231 g/mol. The van der Waals surface area contributed by atoms with Crippen molar-refractivity contribution in [3.63, 3.8) is 0 Å². The molecule has 0 spiro atoms. The summed E-state index contributed by atoms with van der Waals surface area (Å²) in [5.41, 5.74) is 1.37. The molecule has 1 amide bonds. The molecule has 2 aromatic rings. The molecule has 6 nitrogen and oxygen atoms in total. The van der Waals surface area contributed by atoms with E-state index >= 15 is 0 Å². The summed E-state index contributed by atoms with van der Waals surface area (Å²) in [7, 11) is 0. The Morgan fingerprint density at radius 3 is 2.76 bits per heavy atom. The summed E-state index contributed by atoms with van der Waals surface area (Å²) in [6, 6.07) is 4.98. The number of para-hydroxylation sites is 1. The Bertz CT molecular complexity index is 578. The third kappa shape index (κ3) is 2.36. The average Bonchev–Trinajstić information content (AvgIpc) is 2.35. The second-order valence-corrected chi connectivity index (χ2v) is 3.31. The molecule has 0 unspecified atom stereocenters. The van der Waals surface area contributed by atoms with E-state index in [4.69, 9.17) is 5.11 Å². The molecule has 0 saturated heterocycles. The van der Waals surface area contributed by atoms with E-state index < -0.39 is 18.4 Å². The van der Waals surface area contributed by atoms with Gasteiger partial charge in [0.25, 0.3) is 5.91 Å². The van der Waals surface area contributed by atoms with Crippen molar-refractivity contribution in [1.29, 1.82) is 0 Å². The largest absolute Gasteiger partial charge is 0.480 e. The van der Waals surface area contributed by atoms with Gasteiger partial charge >= 0.3 is 5.97 Å². The van der Waals surface area contributed by atoms with Crippen LogP contribution in [0.3, 0.4) is 0 Å². The van der Waals surface area contributed by atoms with Gasteiger partial charge in [-0.3, -0.25) is 19.6 Å². The highest BCUT2D eigenvalue weighted by atomic mass is 16.4. The molecule has 86 valence electrons. The van der Waals surface area contributed by atoms with Crippen LogP contribution in [0.15, 0.2) is 30.6 Å². The van der Waals surface area contributed by atoms with E-state index in [0.717, 1.165) is 0 Å². The van der Waals surface area contributed by atoms with Crippen LogP contribution in [0.25, 0.3) is 11.0 Å². The molecular formula is C11H9N3O3. The predicted octanol–water partition coefficient (Wildman–Crippen LogP) is 0.444. The fourth-order valence-corrected chi connectivity index (χ4v) is 1.43. The zero-order valence-electron chi connectivity index (χ0n) is 8.75. The van der Waals surface area contributed by atoms with Crippen LogP contribution < -0.4 is 5.32 Å². The third-order valence-electron chi connectivity index (χ3n) is 2.14. The Balaban J connectivity index is 2.35. The minimum atomic E-state index is -1.09. The second-order valence-electron chi connectivity index (χ2n) is 3.31. The zero-order valence-corrected chi connectivity index (χ0v) is 8.75. The van der Waals surface area contributed by atoms with Gasteiger partial charge in [0.05, 0.1) is 11.1 Å². The molecule has 6 heteroatoms. The van der Waals surface area contributed by atoms with Crippen LogP contribution in [0.5, 0.6) is 0 Å². The van der Waals surface area contributed by atoms with Crippen LogP contribution in [0.1, 0.15) is 10.4 Å². The molecule has 0 aliphatic carbocycles. The first-order chi connectivity index (χ1) is 8.18. The Morgan fingerprint density at radius 2 is 2.00 bits per heavy atom. The summed E-state index contributed by atoms with van der Waals surface area (Å²) in [5.74, 6) is -1.57. The first-order valence-corrected chi connectivity index (χ1v) is 4.88. The second kappa shape index (κ2) is 4.56. The molecule has 0 saturated carbocycles. The number of hydrogen-bond donors (Lipinski definition) is 2. The van der Waals surface area contributed by atoms with Crippen molar-refractivity contribution in [2.24, 2.45) is 0 Å². The first kappa shape index (κ1) is 11.0. The van der Waals surface area contributed by atoms with Gasteiger partial charge < -0.3 is 10.4 Å².